The van der Waals surface area contributed by atoms with Crippen molar-refractivity contribution >= 4 is 11.8 Å². The van der Waals surface area contributed by atoms with Crippen LogP contribution in [0.3, 0.4) is 0 Å². The molecule has 5 nitrogen and oxygen atoms in total. The highest BCUT2D eigenvalue weighted by Gasteiger charge is 2.20. The molecule has 0 bridgehead atoms. The van der Waals surface area contributed by atoms with Gasteiger partial charge in [0, 0.05) is 11.6 Å². The zero-order chi connectivity index (χ0) is 18.1. The number of benzene rings is 1. The van der Waals surface area contributed by atoms with E-state index in [1.54, 1.807) is 24.3 Å². The van der Waals surface area contributed by atoms with Gasteiger partial charge in [-0.15, -0.1) is 0 Å². The Labute approximate surface area is 150 Å². The quantitative estimate of drug-likeness (QED) is 0.710. The fourth-order valence-corrected chi connectivity index (χ4v) is 3.14. The molecule has 25 heavy (non-hydrogen) atoms. The topological polar surface area (TPSA) is 67.4 Å². The average Bonchev–Trinajstić information content (AvgIpc) is 2.60. The summed E-state index contributed by atoms with van der Waals surface area (Å²) in [6.45, 7) is 5.03. The molecule has 0 saturated heterocycles. The highest BCUT2D eigenvalue weighted by atomic mass is 16.5. The third kappa shape index (κ3) is 6.77. The van der Waals surface area contributed by atoms with Crippen LogP contribution in [0.25, 0.3) is 0 Å². The maximum Gasteiger partial charge on any atom is 0.251 e. The van der Waals surface area contributed by atoms with Crippen molar-refractivity contribution < 1.29 is 14.3 Å². The molecule has 1 aromatic carbocycles. The monoisotopic (exact) mass is 346 g/mol. The summed E-state index contributed by atoms with van der Waals surface area (Å²) in [6.07, 6.45) is 6.55. The number of ether oxygens (including phenoxy) is 1. The number of carbonyl (C=O) groups is 2. The van der Waals surface area contributed by atoms with Gasteiger partial charge in [-0.05, 0) is 49.4 Å². The zero-order valence-electron chi connectivity index (χ0n) is 15.3. The van der Waals surface area contributed by atoms with Crippen molar-refractivity contribution in [1.82, 2.24) is 10.6 Å². The number of carbonyl (C=O) groups excluding carboxylic acids is 2. The standard InChI is InChI=1S/C20H30N2O3/c1-3-4-12-25-18-10-8-16(9-11-18)20(24)21-14-19(23)22-17-7-5-6-15(2)13-17/h8-11,15,17H,3-7,12-14H2,1-2H3,(H,21,24)(H,22,23). The molecule has 0 aliphatic heterocycles. The van der Waals surface area contributed by atoms with Gasteiger partial charge in [0.25, 0.3) is 5.91 Å². The van der Waals surface area contributed by atoms with Crippen molar-refractivity contribution in [2.45, 2.75) is 58.4 Å². The number of amides is 2. The molecular formula is C20H30N2O3. The Morgan fingerprint density at radius 2 is 1.96 bits per heavy atom. The smallest absolute Gasteiger partial charge is 0.251 e. The molecule has 1 aliphatic rings. The molecule has 0 spiro atoms. The van der Waals surface area contributed by atoms with Crippen LogP contribution in [0.4, 0.5) is 0 Å². The number of rotatable bonds is 8. The van der Waals surface area contributed by atoms with Crippen molar-refractivity contribution in [3.63, 3.8) is 0 Å². The zero-order valence-corrected chi connectivity index (χ0v) is 15.3. The highest BCUT2D eigenvalue weighted by molar-refractivity contribution is 5.96. The summed E-state index contributed by atoms with van der Waals surface area (Å²) >= 11 is 0. The molecule has 1 aromatic rings. The van der Waals surface area contributed by atoms with E-state index in [9.17, 15) is 9.59 Å². The van der Waals surface area contributed by atoms with Crippen molar-refractivity contribution in [3.8, 4) is 5.75 Å². The molecule has 2 N–H and O–H groups in total. The average molecular weight is 346 g/mol. The third-order valence-corrected chi connectivity index (χ3v) is 4.59. The normalized spacial score (nSPS) is 19.9. The maximum atomic E-state index is 12.1. The van der Waals surface area contributed by atoms with Gasteiger partial charge in [-0.25, -0.2) is 0 Å². The lowest BCUT2D eigenvalue weighted by atomic mass is 9.87. The second kappa shape index (κ2) is 10.1. The minimum atomic E-state index is -0.243. The van der Waals surface area contributed by atoms with E-state index < -0.39 is 0 Å². The molecule has 138 valence electrons. The summed E-state index contributed by atoms with van der Waals surface area (Å²) in [4.78, 5) is 24.1. The van der Waals surface area contributed by atoms with Crippen molar-refractivity contribution in [2.24, 2.45) is 5.92 Å². The molecule has 1 aliphatic carbocycles. The molecule has 2 rings (SSSR count). The Hall–Kier alpha value is -2.04. The number of nitrogens with one attached hydrogen (secondary N) is 2. The number of unbranched alkanes of at least 4 members (excludes halogenated alkanes) is 1. The largest absolute Gasteiger partial charge is 0.494 e. The first-order valence-corrected chi connectivity index (χ1v) is 9.39. The third-order valence-electron chi connectivity index (χ3n) is 4.59. The van der Waals surface area contributed by atoms with Gasteiger partial charge in [-0.2, -0.15) is 0 Å². The summed E-state index contributed by atoms with van der Waals surface area (Å²) in [5, 5.41) is 5.70. The first kappa shape index (κ1) is 19.3. The van der Waals surface area contributed by atoms with E-state index in [0.29, 0.717) is 18.1 Å². The molecule has 0 aromatic heterocycles. The van der Waals surface area contributed by atoms with E-state index in [1.807, 2.05) is 0 Å². The molecule has 1 fully saturated rings. The van der Waals surface area contributed by atoms with Gasteiger partial charge in [0.15, 0.2) is 0 Å². The Balaban J connectivity index is 1.72. The van der Waals surface area contributed by atoms with Crippen LogP contribution in [0.15, 0.2) is 24.3 Å². The molecule has 1 saturated carbocycles. The second-order valence-corrected chi connectivity index (χ2v) is 6.95. The van der Waals surface area contributed by atoms with Crippen LogP contribution in [-0.2, 0) is 4.79 Å². The predicted octanol–water partition coefficient (Wildman–Crippen LogP) is 3.29. The lowest BCUT2D eigenvalue weighted by molar-refractivity contribution is -0.121. The van der Waals surface area contributed by atoms with E-state index in [-0.39, 0.29) is 24.4 Å². The minimum Gasteiger partial charge on any atom is -0.494 e. The Morgan fingerprint density at radius 1 is 1.20 bits per heavy atom. The summed E-state index contributed by atoms with van der Waals surface area (Å²) in [5.74, 6) is 1.06. The van der Waals surface area contributed by atoms with Crippen molar-refractivity contribution in [3.05, 3.63) is 29.8 Å². The first-order valence-electron chi connectivity index (χ1n) is 9.39. The van der Waals surface area contributed by atoms with Crippen molar-refractivity contribution in [2.75, 3.05) is 13.2 Å². The van der Waals surface area contributed by atoms with Crippen LogP contribution in [0.5, 0.6) is 5.75 Å². The molecule has 2 unspecified atom stereocenters. The molecule has 0 heterocycles. The van der Waals surface area contributed by atoms with Crippen LogP contribution >= 0.6 is 0 Å². The van der Waals surface area contributed by atoms with Gasteiger partial charge in [0.05, 0.1) is 13.2 Å². The summed E-state index contributed by atoms with van der Waals surface area (Å²) in [5.41, 5.74) is 0.530. The molecule has 0 radical (unpaired) electrons. The van der Waals surface area contributed by atoms with E-state index in [1.165, 1.54) is 6.42 Å². The first-order chi connectivity index (χ1) is 12.1. The van der Waals surface area contributed by atoms with Gasteiger partial charge in [-0.3, -0.25) is 9.59 Å². The van der Waals surface area contributed by atoms with Gasteiger partial charge in [0.1, 0.15) is 5.75 Å². The Bertz CT molecular complexity index is 557. The van der Waals surface area contributed by atoms with Gasteiger partial charge < -0.3 is 15.4 Å². The number of hydrogen-bond donors (Lipinski definition) is 2. The summed E-state index contributed by atoms with van der Waals surface area (Å²) < 4.78 is 5.58. The molecule has 2 atom stereocenters. The SMILES string of the molecule is CCCCOc1ccc(C(=O)NCC(=O)NC2CCCC(C)C2)cc1. The predicted molar refractivity (Wildman–Crippen MR) is 98.7 cm³/mol. The van der Waals surface area contributed by atoms with E-state index in [4.69, 9.17) is 4.74 Å². The Kier molecular flexibility index (Phi) is 7.76. The lowest BCUT2D eigenvalue weighted by Crippen LogP contribution is -2.43. The van der Waals surface area contributed by atoms with E-state index >= 15 is 0 Å². The van der Waals surface area contributed by atoms with E-state index in [0.717, 1.165) is 37.9 Å². The van der Waals surface area contributed by atoms with Gasteiger partial charge in [0.2, 0.25) is 5.91 Å². The summed E-state index contributed by atoms with van der Waals surface area (Å²) in [7, 11) is 0. The van der Waals surface area contributed by atoms with Gasteiger partial charge in [-0.1, -0.05) is 33.1 Å². The van der Waals surface area contributed by atoms with Crippen LogP contribution in [0.2, 0.25) is 0 Å². The minimum absolute atomic E-state index is 0.0124. The molecule has 5 heteroatoms. The lowest BCUT2D eigenvalue weighted by Gasteiger charge is -2.27. The highest BCUT2D eigenvalue weighted by Crippen LogP contribution is 2.23. The van der Waals surface area contributed by atoms with E-state index in [2.05, 4.69) is 24.5 Å². The summed E-state index contributed by atoms with van der Waals surface area (Å²) in [6, 6.07) is 7.25. The molecule has 2 amide bonds. The second-order valence-electron chi connectivity index (χ2n) is 6.95. The van der Waals surface area contributed by atoms with Crippen LogP contribution < -0.4 is 15.4 Å². The van der Waals surface area contributed by atoms with Crippen LogP contribution in [0.1, 0.15) is 62.7 Å². The fourth-order valence-electron chi connectivity index (χ4n) is 3.14. The number of hydrogen-bond acceptors (Lipinski definition) is 3. The maximum absolute atomic E-state index is 12.1. The van der Waals surface area contributed by atoms with Crippen LogP contribution in [-0.4, -0.2) is 31.0 Å². The van der Waals surface area contributed by atoms with Gasteiger partial charge >= 0.3 is 0 Å². The fraction of sp³-hybridized carbons (Fsp3) is 0.600. The molecular weight excluding hydrogens is 316 g/mol. The Morgan fingerprint density at radius 3 is 2.64 bits per heavy atom. The van der Waals surface area contributed by atoms with Crippen molar-refractivity contribution in [1.29, 1.82) is 0 Å². The van der Waals surface area contributed by atoms with Crippen LogP contribution in [0, 0.1) is 5.92 Å².